The third kappa shape index (κ3) is 4.98. The maximum absolute atomic E-state index is 12.3. The van der Waals surface area contributed by atoms with E-state index in [1.54, 1.807) is 38.4 Å². The van der Waals surface area contributed by atoms with Crippen molar-refractivity contribution in [3.63, 3.8) is 0 Å². The number of carbonyl (C=O) groups is 2. The number of amides is 2. The van der Waals surface area contributed by atoms with Crippen molar-refractivity contribution in [2.24, 2.45) is 5.73 Å². The Labute approximate surface area is 152 Å². The van der Waals surface area contributed by atoms with Crippen LogP contribution in [0.1, 0.15) is 33.4 Å². The molecule has 0 spiro atoms. The van der Waals surface area contributed by atoms with Crippen LogP contribution in [-0.2, 0) is 6.54 Å². The number of hydrogen-bond donors (Lipinski definition) is 2. The van der Waals surface area contributed by atoms with E-state index in [4.69, 9.17) is 14.9 Å². The lowest BCUT2D eigenvalue weighted by molar-refractivity contribution is 0.0827. The summed E-state index contributed by atoms with van der Waals surface area (Å²) in [6.45, 7) is 2.46. The van der Waals surface area contributed by atoms with Gasteiger partial charge in [0.1, 0.15) is 17.8 Å². The van der Waals surface area contributed by atoms with E-state index in [0.717, 1.165) is 0 Å². The highest BCUT2D eigenvalue weighted by Gasteiger charge is 2.16. The number of nitrogens with one attached hydrogen (secondary N) is 1. The van der Waals surface area contributed by atoms with Gasteiger partial charge in [0.25, 0.3) is 11.8 Å². The second-order valence-corrected chi connectivity index (χ2v) is 5.30. The fourth-order valence-corrected chi connectivity index (χ4v) is 2.09. The van der Waals surface area contributed by atoms with Gasteiger partial charge in [0.15, 0.2) is 0 Å². The van der Waals surface area contributed by atoms with Crippen LogP contribution < -0.4 is 15.8 Å². The molecule has 0 aliphatic heterocycles. The van der Waals surface area contributed by atoms with E-state index in [1.807, 2.05) is 6.92 Å². The molecule has 1 aromatic carbocycles. The zero-order valence-corrected chi connectivity index (χ0v) is 15.2. The van der Waals surface area contributed by atoms with Gasteiger partial charge in [0.2, 0.25) is 0 Å². The van der Waals surface area contributed by atoms with Crippen LogP contribution in [0.5, 0.6) is 5.75 Å². The predicted molar refractivity (Wildman–Crippen MR) is 97.4 cm³/mol. The smallest absolute Gasteiger partial charge is 0.259 e. The van der Waals surface area contributed by atoms with Crippen molar-refractivity contribution >= 4 is 29.9 Å². The zero-order chi connectivity index (χ0) is 17.7. The Morgan fingerprint density at radius 1 is 1.24 bits per heavy atom. The molecule has 0 aliphatic carbocycles. The van der Waals surface area contributed by atoms with Gasteiger partial charge < -0.3 is 25.1 Å². The van der Waals surface area contributed by atoms with Gasteiger partial charge in [-0.25, -0.2) is 0 Å². The molecule has 25 heavy (non-hydrogen) atoms. The topological polar surface area (TPSA) is 97.8 Å². The minimum Gasteiger partial charge on any atom is -0.492 e. The molecule has 8 heteroatoms. The Bertz CT molecular complexity index is 743. The Morgan fingerprint density at radius 3 is 2.52 bits per heavy atom. The highest BCUT2D eigenvalue weighted by Crippen LogP contribution is 2.27. The summed E-state index contributed by atoms with van der Waals surface area (Å²) in [6.07, 6.45) is 1.35. The van der Waals surface area contributed by atoms with E-state index >= 15 is 0 Å². The van der Waals surface area contributed by atoms with Crippen molar-refractivity contribution in [1.82, 2.24) is 4.90 Å². The fourth-order valence-electron chi connectivity index (χ4n) is 2.09. The molecule has 0 saturated heterocycles. The number of furan rings is 1. The zero-order valence-electron chi connectivity index (χ0n) is 14.4. The second-order valence-electron chi connectivity index (χ2n) is 5.30. The second kappa shape index (κ2) is 9.10. The molecule has 0 atom stereocenters. The number of benzene rings is 1. The van der Waals surface area contributed by atoms with Gasteiger partial charge in [0, 0.05) is 19.7 Å². The minimum atomic E-state index is -0.342. The Morgan fingerprint density at radius 2 is 1.96 bits per heavy atom. The van der Waals surface area contributed by atoms with Gasteiger partial charge in [-0.3, -0.25) is 9.59 Å². The standard InChI is InChI=1S/C17H21N3O4.ClH/c1-4-23-15-8-11(17(22)20(2)3)5-6-14(15)19-16(21)12-7-13(9-18)24-10-12;/h5-8,10H,4,9,18H2,1-3H3,(H,19,21);1H. The predicted octanol–water partition coefficient (Wildman–Crippen LogP) is 2.51. The summed E-state index contributed by atoms with van der Waals surface area (Å²) in [5, 5.41) is 2.75. The number of carbonyl (C=O) groups excluding carboxylic acids is 2. The van der Waals surface area contributed by atoms with Crippen molar-refractivity contribution < 1.29 is 18.7 Å². The van der Waals surface area contributed by atoms with Crippen LogP contribution >= 0.6 is 12.4 Å². The van der Waals surface area contributed by atoms with Crippen LogP contribution in [0, 0.1) is 0 Å². The van der Waals surface area contributed by atoms with E-state index in [2.05, 4.69) is 5.32 Å². The van der Waals surface area contributed by atoms with Crippen molar-refractivity contribution in [2.45, 2.75) is 13.5 Å². The van der Waals surface area contributed by atoms with Crippen LogP contribution in [0.4, 0.5) is 5.69 Å². The molecule has 136 valence electrons. The van der Waals surface area contributed by atoms with E-state index in [1.165, 1.54) is 11.2 Å². The van der Waals surface area contributed by atoms with Crippen molar-refractivity contribution in [1.29, 1.82) is 0 Å². The molecule has 3 N–H and O–H groups in total. The number of nitrogens with zero attached hydrogens (tertiary/aromatic N) is 1. The van der Waals surface area contributed by atoms with Crippen LogP contribution in [0.25, 0.3) is 0 Å². The third-order valence-corrected chi connectivity index (χ3v) is 3.30. The van der Waals surface area contributed by atoms with Gasteiger partial charge in [-0.2, -0.15) is 0 Å². The number of ether oxygens (including phenoxy) is 1. The minimum absolute atomic E-state index is 0. The molecular weight excluding hydrogens is 346 g/mol. The molecule has 2 amide bonds. The first-order chi connectivity index (χ1) is 11.5. The number of anilines is 1. The number of nitrogens with two attached hydrogens (primary N) is 1. The molecule has 2 aromatic rings. The Kier molecular flexibility index (Phi) is 7.47. The molecule has 0 aliphatic rings. The summed E-state index contributed by atoms with van der Waals surface area (Å²) in [6, 6.07) is 6.48. The van der Waals surface area contributed by atoms with E-state index in [-0.39, 0.29) is 30.8 Å². The monoisotopic (exact) mass is 367 g/mol. The summed E-state index contributed by atoms with van der Waals surface area (Å²) in [5.41, 5.74) is 6.80. The summed E-state index contributed by atoms with van der Waals surface area (Å²) >= 11 is 0. The van der Waals surface area contributed by atoms with Gasteiger partial charge in [-0.05, 0) is 31.2 Å². The van der Waals surface area contributed by atoms with Crippen LogP contribution in [-0.4, -0.2) is 37.4 Å². The molecular formula is C17H22ClN3O4. The SMILES string of the molecule is CCOc1cc(C(=O)N(C)C)ccc1NC(=O)c1coc(CN)c1.Cl. The number of rotatable bonds is 6. The van der Waals surface area contributed by atoms with Crippen LogP contribution in [0.15, 0.2) is 34.9 Å². The van der Waals surface area contributed by atoms with Gasteiger partial charge >= 0.3 is 0 Å². The van der Waals surface area contributed by atoms with Crippen molar-refractivity contribution in [2.75, 3.05) is 26.0 Å². The highest BCUT2D eigenvalue weighted by molar-refractivity contribution is 6.05. The molecule has 1 heterocycles. The first-order valence-electron chi connectivity index (χ1n) is 7.53. The maximum atomic E-state index is 12.3. The van der Waals surface area contributed by atoms with E-state index in [0.29, 0.717) is 34.9 Å². The van der Waals surface area contributed by atoms with Crippen LogP contribution in [0.2, 0.25) is 0 Å². The van der Waals surface area contributed by atoms with E-state index < -0.39 is 0 Å². The summed E-state index contributed by atoms with van der Waals surface area (Å²) in [5.74, 6) is 0.473. The molecule has 1 aromatic heterocycles. The van der Waals surface area contributed by atoms with Crippen molar-refractivity contribution in [3.8, 4) is 5.75 Å². The lowest BCUT2D eigenvalue weighted by Crippen LogP contribution is -2.22. The fraction of sp³-hybridized carbons (Fsp3) is 0.294. The first-order valence-corrected chi connectivity index (χ1v) is 7.53. The maximum Gasteiger partial charge on any atom is 0.259 e. The van der Waals surface area contributed by atoms with Crippen LogP contribution in [0.3, 0.4) is 0 Å². The first kappa shape index (κ1) is 20.5. The lowest BCUT2D eigenvalue weighted by Gasteiger charge is -2.15. The summed E-state index contributed by atoms with van der Waals surface area (Å²) in [4.78, 5) is 25.8. The molecule has 0 fully saturated rings. The molecule has 0 saturated carbocycles. The normalized spacial score (nSPS) is 9.92. The average molecular weight is 368 g/mol. The third-order valence-electron chi connectivity index (χ3n) is 3.30. The average Bonchev–Trinajstić information content (AvgIpc) is 3.05. The quantitative estimate of drug-likeness (QED) is 0.817. The molecule has 0 radical (unpaired) electrons. The summed E-state index contributed by atoms with van der Waals surface area (Å²) in [7, 11) is 3.35. The lowest BCUT2D eigenvalue weighted by atomic mass is 10.1. The number of halogens is 1. The number of hydrogen-bond acceptors (Lipinski definition) is 5. The molecule has 2 rings (SSSR count). The van der Waals surface area contributed by atoms with Gasteiger partial charge in [-0.1, -0.05) is 0 Å². The largest absolute Gasteiger partial charge is 0.492 e. The molecule has 0 bridgehead atoms. The van der Waals surface area contributed by atoms with Gasteiger partial charge in [0.05, 0.1) is 24.4 Å². The van der Waals surface area contributed by atoms with Crippen molar-refractivity contribution in [3.05, 3.63) is 47.4 Å². The summed E-state index contributed by atoms with van der Waals surface area (Å²) < 4.78 is 10.7. The Hall–Kier alpha value is -2.51. The highest BCUT2D eigenvalue weighted by atomic mass is 35.5. The molecule has 0 unspecified atom stereocenters. The Balaban J connectivity index is 0.00000312. The molecule has 7 nitrogen and oxygen atoms in total. The van der Waals surface area contributed by atoms with Gasteiger partial charge in [-0.15, -0.1) is 12.4 Å². The van der Waals surface area contributed by atoms with E-state index in [9.17, 15) is 9.59 Å².